The van der Waals surface area contributed by atoms with Crippen LogP contribution in [0.1, 0.15) is 21.3 Å². The zero-order valence-electron chi connectivity index (χ0n) is 16.3. The van der Waals surface area contributed by atoms with Crippen LogP contribution in [0.15, 0.2) is 42.7 Å². The van der Waals surface area contributed by atoms with E-state index in [0.29, 0.717) is 5.01 Å². The van der Waals surface area contributed by atoms with E-state index in [1.54, 1.807) is 23.7 Å². The Kier molecular flexibility index (Phi) is 5.78. The summed E-state index contributed by atoms with van der Waals surface area (Å²) in [6.45, 7) is 3.87. The Balaban J connectivity index is 1.68. The van der Waals surface area contributed by atoms with Gasteiger partial charge in [-0.1, -0.05) is 6.07 Å². The second-order valence-electron chi connectivity index (χ2n) is 6.76. The third-order valence-corrected chi connectivity index (χ3v) is 6.70. The fourth-order valence-corrected chi connectivity index (χ4v) is 5.26. The Hall–Kier alpha value is -2.84. The molecule has 30 heavy (non-hydrogen) atoms. The number of carbonyl (C=O) groups is 1. The summed E-state index contributed by atoms with van der Waals surface area (Å²) in [6.07, 6.45) is 3.11. The van der Waals surface area contributed by atoms with Crippen LogP contribution in [-0.2, 0) is 17.6 Å². The topological polar surface area (TPSA) is 55.7 Å². The van der Waals surface area contributed by atoms with Gasteiger partial charge in [0, 0.05) is 24.4 Å². The molecule has 3 aromatic heterocycles. The number of thiazole rings is 2. The van der Waals surface area contributed by atoms with Crippen molar-refractivity contribution in [3.05, 3.63) is 75.6 Å². The number of hydrogen-bond donors (Lipinski definition) is 0. The van der Waals surface area contributed by atoms with Gasteiger partial charge in [-0.3, -0.25) is 9.78 Å². The Bertz CT molecular complexity index is 1200. The SMILES string of the molecule is Cc1nc(C)c(-c2nc(CC(=O)Cc3c(F)cccc3F)sc2-c2ccncc2)s1. The number of carbonyl (C=O) groups excluding carboxylic acids is 1. The first-order valence-corrected chi connectivity index (χ1v) is 10.8. The average molecular weight is 442 g/mol. The van der Waals surface area contributed by atoms with E-state index in [1.165, 1.54) is 17.4 Å². The zero-order chi connectivity index (χ0) is 21.3. The second kappa shape index (κ2) is 8.49. The molecule has 8 heteroatoms. The number of ketones is 1. The van der Waals surface area contributed by atoms with E-state index in [0.717, 1.165) is 43.8 Å². The summed E-state index contributed by atoms with van der Waals surface area (Å²) in [4.78, 5) is 27.7. The molecule has 0 aliphatic carbocycles. The predicted molar refractivity (Wildman–Crippen MR) is 115 cm³/mol. The van der Waals surface area contributed by atoms with Gasteiger partial charge in [0.1, 0.15) is 28.1 Å². The third-order valence-electron chi connectivity index (χ3n) is 4.52. The van der Waals surface area contributed by atoms with E-state index in [4.69, 9.17) is 4.98 Å². The summed E-state index contributed by atoms with van der Waals surface area (Å²) in [6, 6.07) is 7.38. The summed E-state index contributed by atoms with van der Waals surface area (Å²) in [7, 11) is 0. The van der Waals surface area contributed by atoms with Gasteiger partial charge in [-0.25, -0.2) is 18.7 Å². The standard InChI is InChI=1S/C22H17F2N3OS2/c1-12-21(29-13(2)26-12)20-22(14-6-8-25-9-7-14)30-19(27-20)11-15(28)10-16-17(23)4-3-5-18(16)24/h3-9H,10-11H2,1-2H3. The maximum absolute atomic E-state index is 13.9. The number of pyridine rings is 1. The smallest absolute Gasteiger partial charge is 0.144 e. The maximum Gasteiger partial charge on any atom is 0.144 e. The normalized spacial score (nSPS) is 11.1. The number of rotatable bonds is 6. The summed E-state index contributed by atoms with van der Waals surface area (Å²) in [5.41, 5.74) is 2.39. The minimum absolute atomic E-state index is 0.00730. The first kappa shape index (κ1) is 20.4. The molecule has 4 nitrogen and oxygen atoms in total. The van der Waals surface area contributed by atoms with Crippen LogP contribution in [0.5, 0.6) is 0 Å². The van der Waals surface area contributed by atoms with E-state index in [2.05, 4.69) is 9.97 Å². The molecule has 1 aromatic carbocycles. The number of nitrogens with zero attached hydrogens (tertiary/aromatic N) is 3. The molecular weight excluding hydrogens is 424 g/mol. The first-order chi connectivity index (χ1) is 14.4. The molecule has 0 unspecified atom stereocenters. The van der Waals surface area contributed by atoms with Crippen LogP contribution >= 0.6 is 22.7 Å². The van der Waals surface area contributed by atoms with Crippen LogP contribution in [0, 0.1) is 25.5 Å². The van der Waals surface area contributed by atoms with Gasteiger partial charge in [0.15, 0.2) is 0 Å². The molecule has 0 saturated carbocycles. The van der Waals surface area contributed by atoms with Crippen molar-refractivity contribution in [3.63, 3.8) is 0 Å². The number of aromatic nitrogens is 3. The van der Waals surface area contributed by atoms with Crippen LogP contribution < -0.4 is 0 Å². The van der Waals surface area contributed by atoms with E-state index >= 15 is 0 Å². The molecule has 0 aliphatic heterocycles. The third kappa shape index (κ3) is 4.20. The molecule has 4 rings (SSSR count). The van der Waals surface area contributed by atoms with Crippen molar-refractivity contribution in [2.24, 2.45) is 0 Å². The summed E-state index contributed by atoms with van der Waals surface area (Å²) < 4.78 is 27.8. The van der Waals surface area contributed by atoms with Gasteiger partial charge in [0.25, 0.3) is 0 Å². The Labute approximate surface area is 180 Å². The van der Waals surface area contributed by atoms with Crippen LogP contribution in [0.3, 0.4) is 0 Å². The molecule has 0 bridgehead atoms. The second-order valence-corrected chi connectivity index (χ2v) is 9.05. The molecular formula is C22H17F2N3OS2. The first-order valence-electron chi connectivity index (χ1n) is 9.21. The zero-order valence-corrected chi connectivity index (χ0v) is 17.9. The molecule has 0 spiro atoms. The predicted octanol–water partition coefficient (Wildman–Crippen LogP) is 5.58. The lowest BCUT2D eigenvalue weighted by Gasteiger charge is -2.03. The number of hydrogen-bond acceptors (Lipinski definition) is 6. The largest absolute Gasteiger partial charge is 0.299 e. The molecule has 0 amide bonds. The quantitative estimate of drug-likeness (QED) is 0.392. The van der Waals surface area contributed by atoms with Gasteiger partial charge in [0.2, 0.25) is 0 Å². The van der Waals surface area contributed by atoms with Gasteiger partial charge < -0.3 is 0 Å². The monoisotopic (exact) mass is 441 g/mol. The van der Waals surface area contributed by atoms with Crippen LogP contribution in [0.25, 0.3) is 21.0 Å². The van der Waals surface area contributed by atoms with Crippen molar-refractivity contribution < 1.29 is 13.6 Å². The molecule has 152 valence electrons. The molecule has 0 saturated heterocycles. The fraction of sp³-hybridized carbons (Fsp3) is 0.182. The summed E-state index contributed by atoms with van der Waals surface area (Å²) in [5, 5.41) is 1.54. The molecule has 0 N–H and O–H groups in total. The fourth-order valence-electron chi connectivity index (χ4n) is 3.17. The van der Waals surface area contributed by atoms with Crippen molar-refractivity contribution >= 4 is 28.5 Å². The Morgan fingerprint density at radius 2 is 1.63 bits per heavy atom. The molecule has 0 fully saturated rings. The van der Waals surface area contributed by atoms with E-state index in [1.807, 2.05) is 26.0 Å². The molecule has 0 radical (unpaired) electrons. The van der Waals surface area contributed by atoms with Gasteiger partial charge in [-0.05, 0) is 43.7 Å². The van der Waals surface area contributed by atoms with Gasteiger partial charge in [-0.2, -0.15) is 0 Å². The molecule has 0 aliphatic rings. The molecule has 0 atom stereocenters. The van der Waals surface area contributed by atoms with Crippen molar-refractivity contribution in [1.82, 2.24) is 15.0 Å². The van der Waals surface area contributed by atoms with Crippen LogP contribution in [0.4, 0.5) is 8.78 Å². The minimum Gasteiger partial charge on any atom is -0.299 e. The minimum atomic E-state index is -0.712. The lowest BCUT2D eigenvalue weighted by atomic mass is 10.1. The lowest BCUT2D eigenvalue weighted by molar-refractivity contribution is -0.117. The van der Waals surface area contributed by atoms with Crippen molar-refractivity contribution in [3.8, 4) is 21.0 Å². The number of halogens is 2. The summed E-state index contributed by atoms with van der Waals surface area (Å²) in [5.74, 6) is -1.72. The highest BCUT2D eigenvalue weighted by molar-refractivity contribution is 7.18. The van der Waals surface area contributed by atoms with E-state index in [-0.39, 0.29) is 24.2 Å². The number of aryl methyl sites for hydroxylation is 2. The van der Waals surface area contributed by atoms with Crippen molar-refractivity contribution in [2.75, 3.05) is 0 Å². The molecule has 4 aromatic rings. The van der Waals surface area contributed by atoms with Gasteiger partial charge >= 0.3 is 0 Å². The molecule has 3 heterocycles. The van der Waals surface area contributed by atoms with E-state index in [9.17, 15) is 13.6 Å². The van der Waals surface area contributed by atoms with Crippen LogP contribution in [0.2, 0.25) is 0 Å². The highest BCUT2D eigenvalue weighted by Crippen LogP contribution is 2.40. The number of benzene rings is 1. The van der Waals surface area contributed by atoms with Gasteiger partial charge in [0.05, 0.1) is 26.9 Å². The summed E-state index contributed by atoms with van der Waals surface area (Å²) >= 11 is 2.95. The maximum atomic E-state index is 13.9. The van der Waals surface area contributed by atoms with Crippen LogP contribution in [-0.4, -0.2) is 20.7 Å². The van der Waals surface area contributed by atoms with Crippen molar-refractivity contribution in [2.45, 2.75) is 26.7 Å². The van der Waals surface area contributed by atoms with E-state index < -0.39 is 11.6 Å². The Morgan fingerprint density at radius 1 is 0.933 bits per heavy atom. The Morgan fingerprint density at radius 3 is 2.27 bits per heavy atom. The van der Waals surface area contributed by atoms with Gasteiger partial charge in [-0.15, -0.1) is 22.7 Å². The highest BCUT2D eigenvalue weighted by Gasteiger charge is 2.21. The lowest BCUT2D eigenvalue weighted by Crippen LogP contribution is -2.09. The highest BCUT2D eigenvalue weighted by atomic mass is 32.1. The average Bonchev–Trinajstić information content (AvgIpc) is 3.27. The number of Topliss-reactive ketones (excluding diaryl/α,β-unsaturated/α-hetero) is 1. The van der Waals surface area contributed by atoms with Crippen molar-refractivity contribution in [1.29, 1.82) is 0 Å².